The van der Waals surface area contributed by atoms with Crippen LogP contribution >= 0.6 is 0 Å². The van der Waals surface area contributed by atoms with E-state index in [-0.39, 0.29) is 5.56 Å². The number of rotatable bonds is 3. The van der Waals surface area contributed by atoms with Crippen LogP contribution in [0.15, 0.2) is 54.1 Å². The fraction of sp³-hybridized carbons (Fsp3) is 0.261. The number of nitrogens with zero attached hydrogens (tertiary/aromatic N) is 6. The third kappa shape index (κ3) is 3.51. The number of aromatic nitrogens is 7. The van der Waals surface area contributed by atoms with Crippen LogP contribution in [0.3, 0.4) is 0 Å². The smallest absolute Gasteiger partial charge is 0.259 e. The van der Waals surface area contributed by atoms with Crippen LogP contribution in [0, 0.1) is 0 Å². The summed E-state index contributed by atoms with van der Waals surface area (Å²) in [5.74, 6) is 0.433. The van der Waals surface area contributed by atoms with E-state index in [1.807, 2.05) is 42.2 Å². The van der Waals surface area contributed by atoms with E-state index in [1.54, 1.807) is 4.68 Å². The Labute approximate surface area is 184 Å². The van der Waals surface area contributed by atoms with E-state index in [0.717, 1.165) is 46.9 Å². The number of hydrogen-bond donors (Lipinski definition) is 2. The first kappa shape index (κ1) is 19.9. The third-order valence-corrected chi connectivity index (χ3v) is 5.70. The largest absolute Gasteiger partial charge is 0.382 e. The van der Waals surface area contributed by atoms with Gasteiger partial charge in [0.15, 0.2) is 11.5 Å². The lowest BCUT2D eigenvalue weighted by Gasteiger charge is -2.14. The summed E-state index contributed by atoms with van der Waals surface area (Å²) in [5, 5.41) is 6.09. The van der Waals surface area contributed by atoms with Crippen LogP contribution in [0.5, 0.6) is 0 Å². The van der Waals surface area contributed by atoms with Gasteiger partial charge < -0.3 is 15.3 Å². The van der Waals surface area contributed by atoms with E-state index in [2.05, 4.69) is 38.0 Å². The van der Waals surface area contributed by atoms with Gasteiger partial charge >= 0.3 is 0 Å². The second kappa shape index (κ2) is 7.92. The van der Waals surface area contributed by atoms with Crippen molar-refractivity contribution in [1.29, 1.82) is 0 Å². The molecule has 1 saturated carbocycles. The number of nitrogens with two attached hydrogens (primary N) is 1. The zero-order valence-electron chi connectivity index (χ0n) is 18.0. The number of benzene rings is 1. The van der Waals surface area contributed by atoms with Crippen molar-refractivity contribution in [2.45, 2.75) is 32.2 Å². The number of aryl methyl sites for hydroxylation is 2. The average molecular weight is 429 g/mol. The van der Waals surface area contributed by atoms with Gasteiger partial charge in [-0.05, 0) is 36.3 Å². The summed E-state index contributed by atoms with van der Waals surface area (Å²) in [6, 6.07) is 8.64. The first-order chi connectivity index (χ1) is 15.6. The van der Waals surface area contributed by atoms with Crippen molar-refractivity contribution < 1.29 is 0 Å². The third-order valence-electron chi connectivity index (χ3n) is 5.70. The molecule has 5 aromatic rings. The van der Waals surface area contributed by atoms with Gasteiger partial charge in [-0.1, -0.05) is 25.1 Å². The van der Waals surface area contributed by atoms with Crippen molar-refractivity contribution in [3.8, 4) is 11.1 Å². The van der Waals surface area contributed by atoms with Crippen molar-refractivity contribution in [2.24, 2.45) is 7.05 Å². The first-order valence-corrected chi connectivity index (χ1v) is 10.6. The van der Waals surface area contributed by atoms with Gasteiger partial charge in [0, 0.05) is 30.5 Å². The Bertz CT molecular complexity index is 1470. The average Bonchev–Trinajstić information content (AvgIpc) is 3.33. The second-order valence-corrected chi connectivity index (χ2v) is 7.93. The molecule has 0 saturated heterocycles. The number of pyridine rings is 1. The molecule has 3 N–H and O–H groups in total. The van der Waals surface area contributed by atoms with Gasteiger partial charge in [0.2, 0.25) is 0 Å². The van der Waals surface area contributed by atoms with Gasteiger partial charge in [-0.15, -0.1) is 0 Å². The van der Waals surface area contributed by atoms with E-state index in [9.17, 15) is 4.79 Å². The number of fused-ring (bicyclic) bond motifs is 2. The SMILES string of the molecule is CCc1cc2cccc(-c3cnn(C)c3)c2c(=O)n1C1CC1.Nc1ncnc2nc[nH]c12. The summed E-state index contributed by atoms with van der Waals surface area (Å²) < 4.78 is 3.79. The Balaban J connectivity index is 0.000000180. The molecule has 1 aliphatic carbocycles. The summed E-state index contributed by atoms with van der Waals surface area (Å²) in [7, 11) is 1.90. The van der Waals surface area contributed by atoms with Crippen LogP contribution in [-0.2, 0) is 13.5 Å². The molecule has 0 radical (unpaired) electrons. The van der Waals surface area contributed by atoms with Crippen LogP contribution in [0.1, 0.15) is 31.5 Å². The lowest BCUT2D eigenvalue weighted by atomic mass is 10.0. The number of anilines is 1. The molecular weight excluding hydrogens is 404 g/mol. The number of aromatic amines is 1. The zero-order valence-corrected chi connectivity index (χ0v) is 18.0. The summed E-state index contributed by atoms with van der Waals surface area (Å²) >= 11 is 0. The molecule has 9 heteroatoms. The van der Waals surface area contributed by atoms with Gasteiger partial charge in [-0.3, -0.25) is 9.48 Å². The maximum absolute atomic E-state index is 13.1. The molecule has 4 aromatic heterocycles. The van der Waals surface area contributed by atoms with Crippen molar-refractivity contribution in [1.82, 2.24) is 34.3 Å². The van der Waals surface area contributed by atoms with E-state index in [1.165, 1.54) is 12.7 Å². The van der Waals surface area contributed by atoms with Crippen LogP contribution in [0.25, 0.3) is 33.1 Å². The number of H-pyrrole nitrogens is 1. The molecule has 0 amide bonds. The number of nitrogen functional groups attached to an aromatic ring is 1. The molecule has 0 aliphatic heterocycles. The lowest BCUT2D eigenvalue weighted by Crippen LogP contribution is -2.23. The Morgan fingerprint density at radius 2 is 2.06 bits per heavy atom. The molecule has 1 fully saturated rings. The molecule has 1 aliphatic rings. The van der Waals surface area contributed by atoms with Gasteiger partial charge in [0.1, 0.15) is 11.8 Å². The molecule has 0 spiro atoms. The van der Waals surface area contributed by atoms with E-state index in [4.69, 9.17) is 5.73 Å². The van der Waals surface area contributed by atoms with E-state index >= 15 is 0 Å². The molecular formula is C23H24N8O. The molecule has 0 atom stereocenters. The first-order valence-electron chi connectivity index (χ1n) is 10.6. The Morgan fingerprint density at radius 3 is 2.75 bits per heavy atom. The zero-order chi connectivity index (χ0) is 22.2. The standard InChI is InChI=1S/C18H19N3O.C5H5N5/c1-3-14-9-12-5-4-6-16(13-10-19-20(2)11-13)17(12)18(22)21(14)15-7-8-15;6-4-3-5(9-1-7-3)10-2-8-4/h4-6,9-11,15H,3,7-8H2,1-2H3;1-2H,(H3,6,7,8,9,10). The predicted octanol–water partition coefficient (Wildman–Crippen LogP) is 3.23. The van der Waals surface area contributed by atoms with Gasteiger partial charge in [0.25, 0.3) is 5.56 Å². The Morgan fingerprint density at radius 1 is 1.22 bits per heavy atom. The maximum atomic E-state index is 13.1. The fourth-order valence-corrected chi connectivity index (χ4v) is 4.02. The van der Waals surface area contributed by atoms with Gasteiger partial charge in [-0.2, -0.15) is 5.10 Å². The number of imidazole rings is 1. The van der Waals surface area contributed by atoms with Crippen LogP contribution < -0.4 is 11.3 Å². The molecule has 1 aromatic carbocycles. The highest BCUT2D eigenvalue weighted by Crippen LogP contribution is 2.36. The fourth-order valence-electron chi connectivity index (χ4n) is 4.02. The maximum Gasteiger partial charge on any atom is 0.259 e. The highest BCUT2D eigenvalue weighted by atomic mass is 16.1. The highest BCUT2D eigenvalue weighted by molar-refractivity contribution is 5.96. The normalized spacial score (nSPS) is 13.3. The monoisotopic (exact) mass is 428 g/mol. The molecule has 0 unspecified atom stereocenters. The number of hydrogen-bond acceptors (Lipinski definition) is 6. The van der Waals surface area contributed by atoms with Gasteiger partial charge in [0.05, 0.1) is 17.9 Å². The highest BCUT2D eigenvalue weighted by Gasteiger charge is 2.27. The summed E-state index contributed by atoms with van der Waals surface area (Å²) in [6.07, 6.45) is 9.83. The summed E-state index contributed by atoms with van der Waals surface area (Å²) in [4.78, 5) is 27.5. The van der Waals surface area contributed by atoms with Crippen LogP contribution in [0.2, 0.25) is 0 Å². The van der Waals surface area contributed by atoms with Crippen molar-refractivity contribution in [3.63, 3.8) is 0 Å². The Kier molecular flexibility index (Phi) is 4.93. The van der Waals surface area contributed by atoms with Crippen LogP contribution in [-0.4, -0.2) is 34.3 Å². The van der Waals surface area contributed by atoms with E-state index < -0.39 is 0 Å². The van der Waals surface area contributed by atoms with Crippen molar-refractivity contribution >= 4 is 27.8 Å². The number of nitrogens with one attached hydrogen (secondary N) is 1. The topological polar surface area (TPSA) is 120 Å². The second-order valence-electron chi connectivity index (χ2n) is 7.93. The van der Waals surface area contributed by atoms with Gasteiger partial charge in [-0.25, -0.2) is 15.0 Å². The molecule has 6 rings (SSSR count). The molecule has 4 heterocycles. The molecule has 32 heavy (non-hydrogen) atoms. The predicted molar refractivity (Wildman–Crippen MR) is 124 cm³/mol. The lowest BCUT2D eigenvalue weighted by molar-refractivity contribution is 0.670. The quantitative estimate of drug-likeness (QED) is 0.455. The molecule has 9 nitrogen and oxygen atoms in total. The van der Waals surface area contributed by atoms with Crippen LogP contribution in [0.4, 0.5) is 5.82 Å². The minimum absolute atomic E-state index is 0.149. The minimum Gasteiger partial charge on any atom is -0.382 e. The summed E-state index contributed by atoms with van der Waals surface area (Å²) in [5.41, 5.74) is 10.0. The van der Waals surface area contributed by atoms with E-state index in [0.29, 0.717) is 23.0 Å². The summed E-state index contributed by atoms with van der Waals surface area (Å²) in [6.45, 7) is 2.12. The molecule has 162 valence electrons. The van der Waals surface area contributed by atoms with Crippen molar-refractivity contribution in [2.75, 3.05) is 5.73 Å². The minimum atomic E-state index is 0.149. The Hall–Kier alpha value is -4.01. The molecule has 0 bridgehead atoms. The van der Waals surface area contributed by atoms with Crippen molar-refractivity contribution in [3.05, 3.63) is 65.4 Å².